The van der Waals surface area contributed by atoms with Gasteiger partial charge in [-0.15, -0.1) is 0 Å². The molecule has 0 saturated carbocycles. The average molecular weight is 315 g/mol. The van der Waals surface area contributed by atoms with Crippen molar-refractivity contribution in [1.29, 1.82) is 0 Å². The van der Waals surface area contributed by atoms with Crippen LogP contribution in [0.1, 0.15) is 17.8 Å². The molecule has 0 atom stereocenters. The maximum absolute atomic E-state index is 12.5. The van der Waals surface area contributed by atoms with E-state index in [1.165, 1.54) is 13.2 Å². The van der Waals surface area contributed by atoms with Gasteiger partial charge in [0, 0.05) is 6.07 Å². The Hall–Kier alpha value is -0.500. The van der Waals surface area contributed by atoms with Gasteiger partial charge in [-0.3, -0.25) is 0 Å². The van der Waals surface area contributed by atoms with E-state index in [1.807, 2.05) is 0 Å². The van der Waals surface area contributed by atoms with Crippen molar-refractivity contribution in [1.82, 2.24) is 4.98 Å². The number of aromatic nitrogens is 1. The fourth-order valence-electron chi connectivity index (χ4n) is 0.951. The van der Waals surface area contributed by atoms with Gasteiger partial charge in [0.15, 0.2) is 0 Å². The fraction of sp³-hybridized carbons (Fsp3) is 0.375. The van der Waals surface area contributed by atoms with Crippen LogP contribution in [0.3, 0.4) is 0 Å². The van der Waals surface area contributed by atoms with Gasteiger partial charge in [-0.25, -0.2) is 13.8 Å². The lowest BCUT2D eigenvalue weighted by molar-refractivity contribution is 0.143. The van der Waals surface area contributed by atoms with Crippen LogP contribution in [-0.2, 0) is 6.61 Å². The van der Waals surface area contributed by atoms with Crippen LogP contribution in [0.25, 0.3) is 0 Å². The summed E-state index contributed by atoms with van der Waals surface area (Å²) in [7, 11) is 1.38. The highest BCUT2D eigenvalue weighted by atomic mass is 127. The molecule has 0 aromatic carbocycles. The molecular weight excluding hydrogens is 307 g/mol. The molecule has 0 amide bonds. The normalized spacial score (nSPS) is 10.7. The number of methoxy groups -OCH3 is 1. The third-order valence-electron chi connectivity index (χ3n) is 1.59. The predicted octanol–water partition coefficient (Wildman–Crippen LogP) is 2.12. The molecule has 0 spiro atoms. The number of hydrogen-bond donors (Lipinski definition) is 1. The predicted molar refractivity (Wildman–Crippen MR) is 54.4 cm³/mol. The van der Waals surface area contributed by atoms with Crippen molar-refractivity contribution in [2.45, 2.75) is 13.0 Å². The van der Waals surface area contributed by atoms with Gasteiger partial charge in [0.25, 0.3) is 6.43 Å². The fourth-order valence-corrected chi connectivity index (χ4v) is 1.68. The van der Waals surface area contributed by atoms with Gasteiger partial charge in [0.05, 0.1) is 23.0 Å². The minimum Gasteiger partial charge on any atom is -0.496 e. The van der Waals surface area contributed by atoms with Crippen LogP contribution >= 0.6 is 22.6 Å². The summed E-state index contributed by atoms with van der Waals surface area (Å²) >= 11 is 1.74. The van der Waals surface area contributed by atoms with Gasteiger partial charge in [-0.05, 0) is 22.6 Å². The number of aliphatic hydroxyl groups excluding tert-OH is 1. The largest absolute Gasteiger partial charge is 0.496 e. The highest BCUT2D eigenvalue weighted by molar-refractivity contribution is 14.1. The zero-order valence-electron chi connectivity index (χ0n) is 7.30. The van der Waals surface area contributed by atoms with Gasteiger partial charge >= 0.3 is 0 Å². The number of aliphatic hydroxyl groups is 1. The van der Waals surface area contributed by atoms with Crippen molar-refractivity contribution in [3.05, 3.63) is 21.0 Å². The molecule has 14 heavy (non-hydrogen) atoms. The van der Waals surface area contributed by atoms with Gasteiger partial charge in [0.1, 0.15) is 11.4 Å². The van der Waals surface area contributed by atoms with Gasteiger partial charge in [0.2, 0.25) is 0 Å². The molecule has 1 N–H and O–H groups in total. The Morgan fingerprint density at radius 2 is 2.29 bits per heavy atom. The molecule has 1 rings (SSSR count). The third-order valence-corrected chi connectivity index (χ3v) is 2.68. The first kappa shape index (κ1) is 11.6. The first-order chi connectivity index (χ1) is 6.60. The van der Waals surface area contributed by atoms with Crippen molar-refractivity contribution in [2.75, 3.05) is 7.11 Å². The molecular formula is C8H8F2INO2. The van der Waals surface area contributed by atoms with Crippen LogP contribution in [0.4, 0.5) is 8.78 Å². The maximum Gasteiger partial charge on any atom is 0.281 e. The summed E-state index contributed by atoms with van der Waals surface area (Å²) in [5.41, 5.74) is -0.174. The molecule has 3 nitrogen and oxygen atoms in total. The monoisotopic (exact) mass is 315 g/mol. The molecule has 1 heterocycles. The zero-order chi connectivity index (χ0) is 10.7. The lowest BCUT2D eigenvalue weighted by Gasteiger charge is -2.09. The summed E-state index contributed by atoms with van der Waals surface area (Å²) in [5, 5.41) is 8.79. The van der Waals surface area contributed by atoms with E-state index in [0.717, 1.165) is 0 Å². The molecule has 0 saturated heterocycles. The van der Waals surface area contributed by atoms with E-state index in [0.29, 0.717) is 5.75 Å². The van der Waals surface area contributed by atoms with Crippen LogP contribution < -0.4 is 4.74 Å². The molecule has 0 aliphatic heterocycles. The SMILES string of the molecule is COc1cc(CO)nc(C(F)F)c1I. The van der Waals surface area contributed by atoms with E-state index in [2.05, 4.69) is 4.98 Å². The molecule has 0 aliphatic carbocycles. The van der Waals surface area contributed by atoms with Crippen molar-refractivity contribution in [3.63, 3.8) is 0 Å². The lowest BCUT2D eigenvalue weighted by Crippen LogP contribution is -2.02. The van der Waals surface area contributed by atoms with Crippen LogP contribution in [0, 0.1) is 3.57 Å². The Kier molecular flexibility index (Phi) is 3.99. The van der Waals surface area contributed by atoms with Gasteiger partial charge < -0.3 is 9.84 Å². The minimum atomic E-state index is -2.66. The molecule has 0 radical (unpaired) electrons. The van der Waals surface area contributed by atoms with E-state index >= 15 is 0 Å². The molecule has 0 fully saturated rings. The Morgan fingerprint density at radius 3 is 2.71 bits per heavy atom. The molecule has 0 unspecified atom stereocenters. The van der Waals surface area contributed by atoms with E-state index < -0.39 is 6.43 Å². The Balaban J connectivity index is 3.27. The lowest BCUT2D eigenvalue weighted by atomic mass is 10.3. The summed E-state index contributed by atoms with van der Waals surface area (Å²) < 4.78 is 30.1. The number of alkyl halides is 2. The van der Waals surface area contributed by atoms with E-state index in [4.69, 9.17) is 9.84 Å². The van der Waals surface area contributed by atoms with E-state index in [-0.39, 0.29) is 21.6 Å². The van der Waals surface area contributed by atoms with E-state index in [9.17, 15) is 8.78 Å². The summed E-state index contributed by atoms with van der Waals surface area (Å²) in [5.74, 6) is 0.306. The van der Waals surface area contributed by atoms with Crippen molar-refractivity contribution < 1.29 is 18.6 Å². The first-order valence-electron chi connectivity index (χ1n) is 3.72. The first-order valence-corrected chi connectivity index (χ1v) is 4.80. The molecule has 1 aromatic rings. The van der Waals surface area contributed by atoms with Crippen molar-refractivity contribution >= 4 is 22.6 Å². The van der Waals surface area contributed by atoms with Gasteiger partial charge in [-0.1, -0.05) is 0 Å². The summed E-state index contributed by atoms with van der Waals surface area (Å²) in [6, 6.07) is 1.44. The zero-order valence-corrected chi connectivity index (χ0v) is 9.46. The summed E-state index contributed by atoms with van der Waals surface area (Å²) in [6.07, 6.45) is -2.66. The quantitative estimate of drug-likeness (QED) is 0.869. The number of halogens is 3. The number of pyridine rings is 1. The second kappa shape index (κ2) is 4.83. The summed E-state index contributed by atoms with van der Waals surface area (Å²) in [4.78, 5) is 3.61. The molecule has 0 bridgehead atoms. The smallest absolute Gasteiger partial charge is 0.281 e. The maximum atomic E-state index is 12.5. The highest BCUT2D eigenvalue weighted by Gasteiger charge is 2.18. The average Bonchev–Trinajstić information content (AvgIpc) is 2.17. The van der Waals surface area contributed by atoms with Crippen LogP contribution in [0.5, 0.6) is 5.75 Å². The molecule has 1 aromatic heterocycles. The Morgan fingerprint density at radius 1 is 1.64 bits per heavy atom. The van der Waals surface area contributed by atoms with Gasteiger partial charge in [-0.2, -0.15) is 0 Å². The van der Waals surface area contributed by atoms with Crippen LogP contribution in [-0.4, -0.2) is 17.2 Å². The minimum absolute atomic E-state index is 0.178. The standard InChI is InChI=1S/C8H8F2INO2/c1-14-5-2-4(3-13)12-7(6(5)11)8(9)10/h2,8,13H,3H2,1H3. The number of hydrogen-bond acceptors (Lipinski definition) is 3. The molecule has 78 valence electrons. The molecule has 0 aliphatic rings. The van der Waals surface area contributed by atoms with E-state index in [1.54, 1.807) is 22.6 Å². The number of nitrogens with zero attached hydrogens (tertiary/aromatic N) is 1. The van der Waals surface area contributed by atoms with Crippen LogP contribution in [0.15, 0.2) is 6.07 Å². The Labute approximate surface area is 93.2 Å². The second-order valence-electron chi connectivity index (χ2n) is 2.47. The Bertz CT molecular complexity index is 333. The topological polar surface area (TPSA) is 42.4 Å². The molecule has 6 heteroatoms. The van der Waals surface area contributed by atoms with Crippen LogP contribution in [0.2, 0.25) is 0 Å². The summed E-state index contributed by atoms with van der Waals surface area (Å²) in [6.45, 7) is -0.382. The third kappa shape index (κ3) is 2.30. The highest BCUT2D eigenvalue weighted by Crippen LogP contribution is 2.30. The number of ether oxygens (including phenoxy) is 1. The van der Waals surface area contributed by atoms with Crippen molar-refractivity contribution in [3.8, 4) is 5.75 Å². The number of rotatable bonds is 3. The van der Waals surface area contributed by atoms with Crippen molar-refractivity contribution in [2.24, 2.45) is 0 Å². The second-order valence-corrected chi connectivity index (χ2v) is 3.55.